The minimum absolute atomic E-state index is 0.0444. The normalized spacial score (nSPS) is 14.8. The Bertz CT molecular complexity index is 905. The first-order chi connectivity index (χ1) is 13.7. The van der Waals surface area contributed by atoms with Crippen molar-refractivity contribution in [2.24, 2.45) is 0 Å². The van der Waals surface area contributed by atoms with Gasteiger partial charge in [0.2, 0.25) is 0 Å². The Labute approximate surface area is 168 Å². The maximum absolute atomic E-state index is 12.7. The molecule has 2 aromatic heterocycles. The molecule has 3 aromatic rings. The molecule has 28 heavy (non-hydrogen) atoms. The van der Waals surface area contributed by atoms with E-state index in [2.05, 4.69) is 25.7 Å². The van der Waals surface area contributed by atoms with Crippen LogP contribution in [0.4, 0.5) is 15.6 Å². The molecule has 7 nitrogen and oxygen atoms in total. The first-order valence-electron chi connectivity index (χ1n) is 9.47. The molecule has 0 bridgehead atoms. The Balaban J connectivity index is 1.32. The third-order valence-corrected chi connectivity index (χ3v) is 5.79. The van der Waals surface area contributed by atoms with Gasteiger partial charge in [0.1, 0.15) is 0 Å². The summed E-state index contributed by atoms with van der Waals surface area (Å²) in [5.41, 5.74) is 3.01. The average Bonchev–Trinajstić information content (AvgIpc) is 3.29. The Morgan fingerprint density at radius 3 is 2.75 bits per heavy atom. The van der Waals surface area contributed by atoms with Gasteiger partial charge in [0.05, 0.1) is 12.2 Å². The Morgan fingerprint density at radius 2 is 2.04 bits per heavy atom. The van der Waals surface area contributed by atoms with E-state index < -0.39 is 0 Å². The second-order valence-corrected chi connectivity index (χ2v) is 7.77. The van der Waals surface area contributed by atoms with E-state index >= 15 is 0 Å². The molecule has 8 heteroatoms. The summed E-state index contributed by atoms with van der Waals surface area (Å²) in [5, 5.41) is 10.4. The van der Waals surface area contributed by atoms with E-state index in [1.165, 1.54) is 0 Å². The summed E-state index contributed by atoms with van der Waals surface area (Å²) < 4.78 is 1.88. The smallest absolute Gasteiger partial charge is 0.321 e. The van der Waals surface area contributed by atoms with Gasteiger partial charge in [-0.25, -0.2) is 9.78 Å². The van der Waals surface area contributed by atoms with Crippen LogP contribution in [0, 0.1) is 6.92 Å². The SMILES string of the molecule is Cc1csc(N2CCCN(C(=O)Nc3ccc(Cn4cccn4)cc3)CC2)n1. The Hall–Kier alpha value is -2.87. The predicted molar refractivity (Wildman–Crippen MR) is 112 cm³/mol. The summed E-state index contributed by atoms with van der Waals surface area (Å²) in [6.45, 7) is 5.92. The van der Waals surface area contributed by atoms with Crippen LogP contribution < -0.4 is 10.2 Å². The second-order valence-electron chi connectivity index (χ2n) is 6.93. The van der Waals surface area contributed by atoms with Crippen molar-refractivity contribution in [3.05, 3.63) is 59.4 Å². The van der Waals surface area contributed by atoms with E-state index in [1.54, 1.807) is 17.5 Å². The first kappa shape index (κ1) is 18.5. The highest BCUT2D eigenvalue weighted by Gasteiger charge is 2.20. The number of carbonyl (C=O) groups excluding carboxylic acids is 1. The van der Waals surface area contributed by atoms with Gasteiger partial charge < -0.3 is 15.1 Å². The molecule has 0 unspecified atom stereocenters. The van der Waals surface area contributed by atoms with E-state index in [1.807, 2.05) is 53.0 Å². The van der Waals surface area contributed by atoms with Gasteiger partial charge in [0.25, 0.3) is 0 Å². The number of carbonyl (C=O) groups is 1. The number of urea groups is 1. The molecule has 0 radical (unpaired) electrons. The van der Waals surface area contributed by atoms with Crippen LogP contribution in [-0.4, -0.2) is 51.9 Å². The minimum atomic E-state index is -0.0444. The molecule has 1 aliphatic heterocycles. The number of nitrogens with zero attached hydrogens (tertiary/aromatic N) is 5. The van der Waals surface area contributed by atoms with Crippen molar-refractivity contribution in [1.29, 1.82) is 0 Å². The summed E-state index contributed by atoms with van der Waals surface area (Å²) in [5.74, 6) is 0. The summed E-state index contributed by atoms with van der Waals surface area (Å²) in [6, 6.07) is 9.79. The molecule has 0 spiro atoms. The lowest BCUT2D eigenvalue weighted by Gasteiger charge is -2.22. The van der Waals surface area contributed by atoms with E-state index in [4.69, 9.17) is 0 Å². The lowest BCUT2D eigenvalue weighted by Crippen LogP contribution is -2.38. The highest BCUT2D eigenvalue weighted by molar-refractivity contribution is 7.13. The van der Waals surface area contributed by atoms with Crippen molar-refractivity contribution >= 4 is 28.2 Å². The van der Waals surface area contributed by atoms with Gasteiger partial charge in [-0.15, -0.1) is 11.3 Å². The Morgan fingerprint density at radius 1 is 1.18 bits per heavy atom. The monoisotopic (exact) mass is 396 g/mol. The number of nitrogens with one attached hydrogen (secondary N) is 1. The number of benzene rings is 1. The number of rotatable bonds is 4. The van der Waals surface area contributed by atoms with Gasteiger partial charge in [-0.1, -0.05) is 12.1 Å². The lowest BCUT2D eigenvalue weighted by molar-refractivity contribution is 0.215. The summed E-state index contributed by atoms with van der Waals surface area (Å²) in [7, 11) is 0. The molecule has 1 saturated heterocycles. The van der Waals surface area contributed by atoms with Crippen molar-refractivity contribution in [3.63, 3.8) is 0 Å². The van der Waals surface area contributed by atoms with Crippen LogP contribution >= 0.6 is 11.3 Å². The fourth-order valence-electron chi connectivity index (χ4n) is 3.28. The molecule has 1 aliphatic rings. The standard InChI is InChI=1S/C20H24N6OS/c1-16-15-28-20(22-16)25-10-3-9-24(12-13-25)19(27)23-18-6-4-17(5-7-18)14-26-11-2-8-21-26/h2,4-8,11,15H,3,9-10,12-14H2,1H3,(H,23,27). The largest absolute Gasteiger partial charge is 0.346 e. The van der Waals surface area contributed by atoms with Crippen LogP contribution in [-0.2, 0) is 6.54 Å². The van der Waals surface area contributed by atoms with E-state index in [-0.39, 0.29) is 6.03 Å². The van der Waals surface area contributed by atoms with Crippen molar-refractivity contribution in [3.8, 4) is 0 Å². The van der Waals surface area contributed by atoms with Crippen molar-refractivity contribution < 1.29 is 4.79 Å². The minimum Gasteiger partial charge on any atom is -0.346 e. The number of aromatic nitrogens is 3. The molecule has 1 fully saturated rings. The molecule has 1 N–H and O–H groups in total. The number of hydrogen-bond acceptors (Lipinski definition) is 5. The third kappa shape index (κ3) is 4.51. The van der Waals surface area contributed by atoms with Crippen molar-refractivity contribution in [1.82, 2.24) is 19.7 Å². The molecule has 146 valence electrons. The van der Waals surface area contributed by atoms with Gasteiger partial charge >= 0.3 is 6.03 Å². The number of amides is 2. The number of aryl methyl sites for hydroxylation is 1. The van der Waals surface area contributed by atoms with Crippen LogP contribution in [0.1, 0.15) is 17.7 Å². The molecule has 0 saturated carbocycles. The Kier molecular flexibility index (Phi) is 5.57. The van der Waals surface area contributed by atoms with E-state index in [0.29, 0.717) is 6.54 Å². The second kappa shape index (κ2) is 8.43. The van der Waals surface area contributed by atoms with E-state index in [9.17, 15) is 4.79 Å². The van der Waals surface area contributed by atoms with Gasteiger partial charge in [-0.3, -0.25) is 4.68 Å². The maximum Gasteiger partial charge on any atom is 0.321 e. The van der Waals surface area contributed by atoms with Gasteiger partial charge in [-0.05, 0) is 37.1 Å². The lowest BCUT2D eigenvalue weighted by atomic mass is 10.2. The zero-order chi connectivity index (χ0) is 19.3. The zero-order valence-electron chi connectivity index (χ0n) is 15.9. The van der Waals surface area contributed by atoms with Crippen LogP contribution in [0.2, 0.25) is 0 Å². The van der Waals surface area contributed by atoms with Crippen molar-refractivity contribution in [2.45, 2.75) is 19.9 Å². The summed E-state index contributed by atoms with van der Waals surface area (Å²) in [6.07, 6.45) is 4.65. The van der Waals surface area contributed by atoms with Crippen molar-refractivity contribution in [2.75, 3.05) is 36.4 Å². The number of thiazole rings is 1. The zero-order valence-corrected chi connectivity index (χ0v) is 16.7. The van der Waals surface area contributed by atoms with Gasteiger partial charge in [-0.2, -0.15) is 5.10 Å². The van der Waals surface area contributed by atoms with Crippen LogP contribution in [0.15, 0.2) is 48.1 Å². The quantitative estimate of drug-likeness (QED) is 0.734. The molecule has 1 aromatic carbocycles. The fourth-order valence-corrected chi connectivity index (χ4v) is 4.13. The van der Waals surface area contributed by atoms with Crippen LogP contribution in [0.5, 0.6) is 0 Å². The van der Waals surface area contributed by atoms with E-state index in [0.717, 1.165) is 54.7 Å². The van der Waals surface area contributed by atoms with Crippen LogP contribution in [0.3, 0.4) is 0 Å². The molecular formula is C20H24N6OS. The highest BCUT2D eigenvalue weighted by Crippen LogP contribution is 2.21. The summed E-state index contributed by atoms with van der Waals surface area (Å²) >= 11 is 1.67. The van der Waals surface area contributed by atoms with Crippen LogP contribution in [0.25, 0.3) is 0 Å². The molecule has 0 aliphatic carbocycles. The topological polar surface area (TPSA) is 66.3 Å². The van der Waals surface area contributed by atoms with Gasteiger partial charge in [0, 0.05) is 49.6 Å². The number of anilines is 2. The average molecular weight is 397 g/mol. The third-order valence-electron chi connectivity index (χ3n) is 4.77. The maximum atomic E-state index is 12.7. The molecule has 4 rings (SSSR count). The molecular weight excluding hydrogens is 372 g/mol. The summed E-state index contributed by atoms with van der Waals surface area (Å²) in [4.78, 5) is 21.4. The first-order valence-corrected chi connectivity index (χ1v) is 10.3. The predicted octanol–water partition coefficient (Wildman–Crippen LogP) is 3.44. The van der Waals surface area contributed by atoms with Gasteiger partial charge in [0.15, 0.2) is 5.13 Å². The fraction of sp³-hybridized carbons (Fsp3) is 0.350. The molecule has 2 amide bonds. The molecule has 0 atom stereocenters. The number of hydrogen-bond donors (Lipinski definition) is 1. The molecule has 3 heterocycles. The highest BCUT2D eigenvalue weighted by atomic mass is 32.1.